The van der Waals surface area contributed by atoms with E-state index in [1.807, 2.05) is 25.2 Å². The highest BCUT2D eigenvalue weighted by Gasteiger charge is 2.23. The highest BCUT2D eigenvalue weighted by atomic mass is 35.5. The van der Waals surface area contributed by atoms with Gasteiger partial charge in [0.25, 0.3) is 5.56 Å². The number of hydrogen-bond acceptors (Lipinski definition) is 4. The third-order valence-electron chi connectivity index (χ3n) is 5.01. The Morgan fingerprint density at radius 1 is 1.08 bits per heavy atom. The summed E-state index contributed by atoms with van der Waals surface area (Å²) in [5, 5.41) is 0.532. The fourth-order valence-electron chi connectivity index (χ4n) is 3.57. The Morgan fingerprint density at radius 2 is 1.77 bits per heavy atom. The van der Waals surface area contributed by atoms with Crippen molar-refractivity contribution in [3.63, 3.8) is 0 Å². The minimum Gasteiger partial charge on any atom is -0.342 e. The molecule has 1 aromatic carbocycles. The van der Waals surface area contributed by atoms with Crippen molar-refractivity contribution in [2.24, 2.45) is 14.1 Å². The maximum atomic E-state index is 13.1. The van der Waals surface area contributed by atoms with Gasteiger partial charge in [0.2, 0.25) is 5.95 Å². The van der Waals surface area contributed by atoms with E-state index in [4.69, 9.17) is 11.6 Å². The zero-order valence-electron chi connectivity index (χ0n) is 14.8. The number of fused-ring (bicyclic) bond motifs is 1. The van der Waals surface area contributed by atoms with Gasteiger partial charge in [-0.25, -0.2) is 4.79 Å². The molecular formula is C18H20ClN5O2. The average Bonchev–Trinajstić information content (AvgIpc) is 3.26. The molecule has 0 saturated carbocycles. The van der Waals surface area contributed by atoms with Crippen molar-refractivity contribution in [1.29, 1.82) is 0 Å². The molecule has 26 heavy (non-hydrogen) atoms. The number of anilines is 1. The number of nitrogens with zero attached hydrogens (tertiary/aromatic N) is 5. The second-order valence-corrected chi connectivity index (χ2v) is 7.07. The van der Waals surface area contributed by atoms with Crippen molar-refractivity contribution < 1.29 is 0 Å². The van der Waals surface area contributed by atoms with Crippen LogP contribution in [-0.2, 0) is 20.6 Å². The summed E-state index contributed by atoms with van der Waals surface area (Å²) in [6.07, 6.45) is 2.22. The van der Waals surface area contributed by atoms with Crippen LogP contribution >= 0.6 is 11.6 Å². The van der Waals surface area contributed by atoms with E-state index in [1.165, 1.54) is 9.13 Å². The highest BCUT2D eigenvalue weighted by Crippen LogP contribution is 2.22. The third kappa shape index (κ3) is 2.54. The summed E-state index contributed by atoms with van der Waals surface area (Å²) in [6.45, 7) is 1.96. The van der Waals surface area contributed by atoms with Crippen molar-refractivity contribution in [2.45, 2.75) is 19.4 Å². The van der Waals surface area contributed by atoms with Crippen molar-refractivity contribution in [3.8, 4) is 0 Å². The maximum Gasteiger partial charge on any atom is 0.332 e. The Bertz CT molecular complexity index is 1110. The van der Waals surface area contributed by atoms with Gasteiger partial charge in [0.05, 0.1) is 6.54 Å². The van der Waals surface area contributed by atoms with Crippen LogP contribution in [0.3, 0.4) is 0 Å². The summed E-state index contributed by atoms with van der Waals surface area (Å²) < 4.78 is 4.46. The van der Waals surface area contributed by atoms with Crippen molar-refractivity contribution in [3.05, 3.63) is 55.7 Å². The third-order valence-corrected chi connectivity index (χ3v) is 5.38. The zero-order chi connectivity index (χ0) is 18.4. The molecule has 136 valence electrons. The molecule has 1 aliphatic rings. The van der Waals surface area contributed by atoms with E-state index >= 15 is 0 Å². The van der Waals surface area contributed by atoms with Crippen LogP contribution in [0.5, 0.6) is 0 Å². The number of rotatable bonds is 3. The van der Waals surface area contributed by atoms with E-state index in [2.05, 4.69) is 9.88 Å². The lowest BCUT2D eigenvalue weighted by Crippen LogP contribution is -2.39. The second-order valence-electron chi connectivity index (χ2n) is 6.66. The van der Waals surface area contributed by atoms with Crippen molar-refractivity contribution in [1.82, 2.24) is 18.7 Å². The van der Waals surface area contributed by atoms with E-state index in [9.17, 15) is 9.59 Å². The first-order valence-corrected chi connectivity index (χ1v) is 9.01. The predicted molar refractivity (Wildman–Crippen MR) is 102 cm³/mol. The van der Waals surface area contributed by atoms with Gasteiger partial charge in [-0.05, 0) is 24.5 Å². The summed E-state index contributed by atoms with van der Waals surface area (Å²) >= 11 is 6.21. The largest absolute Gasteiger partial charge is 0.342 e. The number of hydrogen-bond donors (Lipinski definition) is 0. The molecule has 0 aliphatic carbocycles. The molecule has 4 rings (SSSR count). The van der Waals surface area contributed by atoms with Gasteiger partial charge in [0.15, 0.2) is 11.2 Å². The molecule has 0 N–H and O–H groups in total. The van der Waals surface area contributed by atoms with E-state index < -0.39 is 5.69 Å². The molecule has 7 nitrogen and oxygen atoms in total. The van der Waals surface area contributed by atoms with Gasteiger partial charge in [-0.3, -0.25) is 13.9 Å². The van der Waals surface area contributed by atoms with Crippen LogP contribution in [0, 0.1) is 0 Å². The lowest BCUT2D eigenvalue weighted by atomic mass is 10.2. The molecule has 3 aromatic rings. The summed E-state index contributed by atoms with van der Waals surface area (Å²) in [5.74, 6) is 0.736. The summed E-state index contributed by atoms with van der Waals surface area (Å²) in [6, 6.07) is 7.22. The topological polar surface area (TPSA) is 65.1 Å². The highest BCUT2D eigenvalue weighted by molar-refractivity contribution is 6.31. The summed E-state index contributed by atoms with van der Waals surface area (Å²) in [7, 11) is 3.47. The van der Waals surface area contributed by atoms with Crippen molar-refractivity contribution in [2.75, 3.05) is 18.0 Å². The maximum absolute atomic E-state index is 13.1. The molecule has 1 fully saturated rings. The van der Waals surface area contributed by atoms with Gasteiger partial charge < -0.3 is 9.47 Å². The normalized spacial score (nSPS) is 14.5. The molecular weight excluding hydrogens is 354 g/mol. The Morgan fingerprint density at radius 3 is 2.46 bits per heavy atom. The average molecular weight is 374 g/mol. The minimum absolute atomic E-state index is 0.130. The smallest absolute Gasteiger partial charge is 0.332 e. The molecule has 0 atom stereocenters. The molecule has 1 saturated heterocycles. The van der Waals surface area contributed by atoms with E-state index in [-0.39, 0.29) is 12.1 Å². The molecule has 1 aliphatic heterocycles. The van der Waals surface area contributed by atoms with Gasteiger partial charge in [-0.2, -0.15) is 4.98 Å². The SMILES string of the molecule is Cn1c(N2CCCC2)nc2c1c(=O)n(Cc1ccccc1Cl)c(=O)n2C. The standard InChI is InChI=1S/C18H20ClN5O2/c1-21-14-15(20-17(21)23-9-5-6-10-23)22(2)18(26)24(16(14)25)11-12-7-3-4-8-13(12)19/h3-4,7-8H,5-6,9-11H2,1-2H3. The Kier molecular flexibility index (Phi) is 4.11. The minimum atomic E-state index is -0.395. The fraction of sp³-hybridized carbons (Fsp3) is 0.389. The molecule has 0 unspecified atom stereocenters. The molecule has 0 bridgehead atoms. The van der Waals surface area contributed by atoms with E-state index in [0.717, 1.165) is 37.4 Å². The zero-order valence-corrected chi connectivity index (χ0v) is 15.5. The van der Waals surface area contributed by atoms with Gasteiger partial charge >= 0.3 is 5.69 Å². The van der Waals surface area contributed by atoms with Crippen LogP contribution in [-0.4, -0.2) is 31.8 Å². The van der Waals surface area contributed by atoms with Gasteiger partial charge in [0, 0.05) is 32.2 Å². The van der Waals surface area contributed by atoms with Gasteiger partial charge in [0.1, 0.15) is 0 Å². The van der Waals surface area contributed by atoms with Crippen LogP contribution in [0.4, 0.5) is 5.95 Å². The summed E-state index contributed by atoms with van der Waals surface area (Å²) in [5.41, 5.74) is 0.840. The van der Waals surface area contributed by atoms with Crippen LogP contribution in [0.1, 0.15) is 18.4 Å². The van der Waals surface area contributed by atoms with Crippen LogP contribution < -0.4 is 16.1 Å². The first-order valence-electron chi connectivity index (χ1n) is 8.63. The van der Waals surface area contributed by atoms with E-state index in [0.29, 0.717) is 16.2 Å². The first kappa shape index (κ1) is 16.9. The molecule has 0 amide bonds. The second kappa shape index (κ2) is 6.32. The molecule has 8 heteroatoms. The van der Waals surface area contributed by atoms with Crippen LogP contribution in [0.2, 0.25) is 5.02 Å². The number of aryl methyl sites for hydroxylation is 2. The monoisotopic (exact) mass is 373 g/mol. The molecule has 2 aromatic heterocycles. The first-order chi connectivity index (χ1) is 12.5. The summed E-state index contributed by atoms with van der Waals surface area (Å²) in [4.78, 5) is 32.6. The van der Waals surface area contributed by atoms with E-state index in [1.54, 1.807) is 17.7 Å². The van der Waals surface area contributed by atoms with Crippen molar-refractivity contribution >= 4 is 28.7 Å². The molecule has 3 heterocycles. The number of aromatic nitrogens is 4. The number of halogens is 1. The van der Waals surface area contributed by atoms with Gasteiger partial charge in [-0.15, -0.1) is 0 Å². The molecule has 0 radical (unpaired) electrons. The van der Waals surface area contributed by atoms with Crippen LogP contribution in [0.25, 0.3) is 11.2 Å². The number of benzene rings is 1. The lowest BCUT2D eigenvalue weighted by molar-refractivity contribution is 0.655. The fourth-order valence-corrected chi connectivity index (χ4v) is 3.76. The quantitative estimate of drug-likeness (QED) is 0.701. The predicted octanol–water partition coefficient (Wildman–Crippen LogP) is 1.74. The number of imidazole rings is 1. The Hall–Kier alpha value is -2.54. The van der Waals surface area contributed by atoms with Crippen LogP contribution in [0.15, 0.2) is 33.9 Å². The molecule has 0 spiro atoms. The van der Waals surface area contributed by atoms with Gasteiger partial charge in [-0.1, -0.05) is 29.8 Å². The Balaban J connectivity index is 1.92. The lowest BCUT2D eigenvalue weighted by Gasteiger charge is -2.15. The Labute approximate surface area is 155 Å².